The van der Waals surface area contributed by atoms with Crippen molar-refractivity contribution in [1.82, 2.24) is 9.88 Å². The summed E-state index contributed by atoms with van der Waals surface area (Å²) in [5, 5.41) is 3.18. The fourth-order valence-corrected chi connectivity index (χ4v) is 4.18. The van der Waals surface area contributed by atoms with Crippen molar-refractivity contribution in [3.8, 4) is 11.3 Å². The van der Waals surface area contributed by atoms with E-state index in [0.717, 1.165) is 35.4 Å². The molecule has 0 aliphatic rings. The highest BCUT2D eigenvalue weighted by Crippen LogP contribution is 2.31. The molecule has 5 heteroatoms. The van der Waals surface area contributed by atoms with Crippen molar-refractivity contribution in [2.24, 2.45) is 0 Å². The van der Waals surface area contributed by atoms with Gasteiger partial charge in [0, 0.05) is 11.7 Å². The Morgan fingerprint density at radius 1 is 0.969 bits per heavy atom. The van der Waals surface area contributed by atoms with E-state index in [4.69, 9.17) is 4.74 Å². The Morgan fingerprint density at radius 3 is 2.19 bits per heavy atom. The second-order valence-electron chi connectivity index (χ2n) is 7.97. The predicted molar refractivity (Wildman–Crippen MR) is 128 cm³/mol. The summed E-state index contributed by atoms with van der Waals surface area (Å²) in [4.78, 5) is 25.7. The monoisotopic (exact) mass is 432 g/mol. The van der Waals surface area contributed by atoms with E-state index in [1.165, 1.54) is 5.56 Å². The van der Waals surface area contributed by atoms with Crippen LogP contribution in [0, 0.1) is 13.8 Å². The average Bonchev–Trinajstić information content (AvgIpc) is 3.04. The second-order valence-corrected chi connectivity index (χ2v) is 7.97. The van der Waals surface area contributed by atoms with Crippen molar-refractivity contribution < 1.29 is 14.3 Å². The van der Waals surface area contributed by atoms with E-state index in [9.17, 15) is 9.59 Å². The molecule has 168 valence electrons. The average molecular weight is 433 g/mol. The number of hydrogen-bond donors (Lipinski definition) is 1. The van der Waals surface area contributed by atoms with Crippen LogP contribution in [0.3, 0.4) is 0 Å². The molecule has 3 aromatic rings. The summed E-state index contributed by atoms with van der Waals surface area (Å²) in [5.41, 5.74) is 5.14. The molecule has 1 N–H and O–H groups in total. The maximum atomic E-state index is 13.1. The Labute approximate surface area is 190 Å². The van der Waals surface area contributed by atoms with Gasteiger partial charge >= 0.3 is 5.97 Å². The highest BCUT2D eigenvalue weighted by atomic mass is 16.5. The SMILES string of the molecule is CCOC(=O)c1c(C)c(-c2ccccc2)n(CC(=O)N[C@@H](CC)Cc2ccccc2)c1C. The van der Waals surface area contributed by atoms with Crippen molar-refractivity contribution >= 4 is 11.9 Å². The zero-order chi connectivity index (χ0) is 23.1. The number of amides is 1. The molecule has 32 heavy (non-hydrogen) atoms. The highest BCUT2D eigenvalue weighted by molar-refractivity contribution is 5.95. The van der Waals surface area contributed by atoms with E-state index in [2.05, 4.69) is 24.4 Å². The van der Waals surface area contributed by atoms with Gasteiger partial charge in [-0.3, -0.25) is 4.79 Å². The van der Waals surface area contributed by atoms with Crippen LogP contribution in [0.15, 0.2) is 60.7 Å². The minimum atomic E-state index is -0.352. The zero-order valence-electron chi connectivity index (χ0n) is 19.4. The molecule has 0 unspecified atom stereocenters. The van der Waals surface area contributed by atoms with Gasteiger partial charge in [-0.15, -0.1) is 0 Å². The van der Waals surface area contributed by atoms with E-state index in [0.29, 0.717) is 12.2 Å². The van der Waals surface area contributed by atoms with Gasteiger partial charge in [0.05, 0.1) is 17.9 Å². The highest BCUT2D eigenvalue weighted by Gasteiger charge is 2.25. The van der Waals surface area contributed by atoms with Gasteiger partial charge in [-0.25, -0.2) is 4.79 Å². The van der Waals surface area contributed by atoms with Gasteiger partial charge in [0.2, 0.25) is 5.91 Å². The summed E-state index contributed by atoms with van der Waals surface area (Å²) in [7, 11) is 0. The number of esters is 1. The first-order chi connectivity index (χ1) is 15.5. The van der Waals surface area contributed by atoms with E-state index >= 15 is 0 Å². The van der Waals surface area contributed by atoms with Gasteiger partial charge in [0.1, 0.15) is 6.54 Å². The number of benzene rings is 2. The van der Waals surface area contributed by atoms with Crippen LogP contribution in [0.1, 0.15) is 47.4 Å². The van der Waals surface area contributed by atoms with Crippen LogP contribution < -0.4 is 5.32 Å². The zero-order valence-corrected chi connectivity index (χ0v) is 19.4. The van der Waals surface area contributed by atoms with Crippen molar-refractivity contribution in [3.63, 3.8) is 0 Å². The maximum Gasteiger partial charge on any atom is 0.340 e. The molecule has 1 amide bonds. The molecule has 0 aliphatic carbocycles. The molecule has 1 aromatic heterocycles. The Balaban J connectivity index is 1.89. The number of nitrogens with zero attached hydrogens (tertiary/aromatic N) is 1. The van der Waals surface area contributed by atoms with E-state index < -0.39 is 0 Å². The Morgan fingerprint density at radius 2 is 1.59 bits per heavy atom. The van der Waals surface area contributed by atoms with Crippen molar-refractivity contribution in [1.29, 1.82) is 0 Å². The number of rotatable bonds is 9. The van der Waals surface area contributed by atoms with Gasteiger partial charge in [-0.2, -0.15) is 0 Å². The number of ether oxygens (including phenoxy) is 1. The Kier molecular flexibility index (Phi) is 7.87. The van der Waals surface area contributed by atoms with Gasteiger partial charge in [0.15, 0.2) is 0 Å². The number of hydrogen-bond acceptors (Lipinski definition) is 3. The molecule has 0 aliphatic heterocycles. The number of carbonyl (C=O) groups is 2. The number of nitrogens with one attached hydrogen (secondary N) is 1. The fourth-order valence-electron chi connectivity index (χ4n) is 4.18. The first kappa shape index (κ1) is 23.3. The van der Waals surface area contributed by atoms with Crippen LogP contribution in [0.4, 0.5) is 0 Å². The summed E-state index contributed by atoms with van der Waals surface area (Å²) in [6.07, 6.45) is 1.62. The minimum absolute atomic E-state index is 0.0477. The van der Waals surface area contributed by atoms with Crippen LogP contribution in [0.2, 0.25) is 0 Å². The van der Waals surface area contributed by atoms with Crippen molar-refractivity contribution in [2.45, 2.75) is 53.1 Å². The summed E-state index contributed by atoms with van der Waals surface area (Å²) in [6.45, 7) is 8.11. The molecule has 0 spiro atoms. The van der Waals surface area contributed by atoms with Crippen LogP contribution >= 0.6 is 0 Å². The van der Waals surface area contributed by atoms with Crippen LogP contribution in [-0.4, -0.2) is 29.1 Å². The summed E-state index contributed by atoms with van der Waals surface area (Å²) in [6, 6.07) is 20.1. The lowest BCUT2D eigenvalue weighted by Gasteiger charge is -2.19. The lowest BCUT2D eigenvalue weighted by Crippen LogP contribution is -2.38. The Bertz CT molecular complexity index is 1060. The molecule has 0 saturated heterocycles. The molecule has 5 nitrogen and oxygen atoms in total. The smallest absolute Gasteiger partial charge is 0.340 e. The molecule has 0 bridgehead atoms. The third-order valence-electron chi connectivity index (χ3n) is 5.78. The molecular weight excluding hydrogens is 400 g/mol. The van der Waals surface area contributed by atoms with Crippen molar-refractivity contribution in [2.75, 3.05) is 6.61 Å². The minimum Gasteiger partial charge on any atom is -0.462 e. The second kappa shape index (κ2) is 10.8. The molecule has 0 fully saturated rings. The van der Waals surface area contributed by atoms with Gasteiger partial charge < -0.3 is 14.6 Å². The summed E-state index contributed by atoms with van der Waals surface area (Å²) >= 11 is 0. The normalized spacial score (nSPS) is 11.8. The molecule has 1 atom stereocenters. The standard InChI is InChI=1S/C27H32N2O3/c1-5-23(17-21-13-9-7-10-14-21)28-24(30)18-29-20(4)25(27(31)32-6-2)19(3)26(29)22-15-11-8-12-16-22/h7-16,23H,5-6,17-18H2,1-4H3,(H,28,30)/t23-/m0/s1. The lowest BCUT2D eigenvalue weighted by molar-refractivity contribution is -0.122. The first-order valence-electron chi connectivity index (χ1n) is 11.2. The number of carbonyl (C=O) groups excluding carboxylic acids is 2. The van der Waals surface area contributed by atoms with E-state index in [1.54, 1.807) is 6.92 Å². The topological polar surface area (TPSA) is 60.3 Å². The van der Waals surface area contributed by atoms with Crippen LogP contribution in [-0.2, 0) is 22.5 Å². The molecule has 1 heterocycles. The third kappa shape index (κ3) is 5.28. The number of aromatic nitrogens is 1. The summed E-state index contributed by atoms with van der Waals surface area (Å²) in [5.74, 6) is -0.423. The van der Waals surface area contributed by atoms with E-state index in [1.807, 2.05) is 66.9 Å². The third-order valence-corrected chi connectivity index (χ3v) is 5.78. The van der Waals surface area contributed by atoms with E-state index in [-0.39, 0.29) is 24.5 Å². The quantitative estimate of drug-likeness (QED) is 0.479. The molecule has 0 saturated carbocycles. The lowest BCUT2D eigenvalue weighted by atomic mass is 10.0. The molecule has 2 aromatic carbocycles. The summed E-state index contributed by atoms with van der Waals surface area (Å²) < 4.78 is 7.23. The largest absolute Gasteiger partial charge is 0.462 e. The fraction of sp³-hybridized carbons (Fsp3) is 0.333. The van der Waals surface area contributed by atoms with Crippen LogP contribution in [0.5, 0.6) is 0 Å². The van der Waals surface area contributed by atoms with Gasteiger partial charge in [-0.05, 0) is 50.3 Å². The Hall–Kier alpha value is -3.34. The molecule has 3 rings (SSSR count). The molecular formula is C27H32N2O3. The van der Waals surface area contributed by atoms with Gasteiger partial charge in [-0.1, -0.05) is 67.6 Å². The van der Waals surface area contributed by atoms with Crippen LogP contribution in [0.25, 0.3) is 11.3 Å². The van der Waals surface area contributed by atoms with Gasteiger partial charge in [0.25, 0.3) is 0 Å². The van der Waals surface area contributed by atoms with Crippen molar-refractivity contribution in [3.05, 3.63) is 83.0 Å². The first-order valence-corrected chi connectivity index (χ1v) is 11.2. The maximum absolute atomic E-state index is 13.1. The predicted octanol–water partition coefficient (Wildman–Crippen LogP) is 5.09. The molecule has 0 radical (unpaired) electrons.